The third-order valence-corrected chi connectivity index (χ3v) is 4.36. The maximum atomic E-state index is 10.7. The van der Waals surface area contributed by atoms with Gasteiger partial charge < -0.3 is 14.3 Å². The van der Waals surface area contributed by atoms with Crippen LogP contribution in [0.3, 0.4) is 0 Å². The zero-order chi connectivity index (χ0) is 19.4. The van der Waals surface area contributed by atoms with Crippen LogP contribution in [-0.4, -0.2) is 20.0 Å². The van der Waals surface area contributed by atoms with Gasteiger partial charge >= 0.3 is 0 Å². The van der Waals surface area contributed by atoms with Crippen LogP contribution in [0.15, 0.2) is 58.6 Å². The highest BCUT2D eigenvalue weighted by Gasteiger charge is 2.00. The molecule has 0 heterocycles. The van der Waals surface area contributed by atoms with Crippen molar-refractivity contribution in [1.82, 2.24) is 0 Å². The summed E-state index contributed by atoms with van der Waals surface area (Å²) in [5, 5.41) is 0. The fourth-order valence-electron chi connectivity index (χ4n) is 2.28. The van der Waals surface area contributed by atoms with Crippen LogP contribution in [0, 0.1) is 11.8 Å². The smallest absolute Gasteiger partial charge is 0.126 e. The van der Waals surface area contributed by atoms with Crippen molar-refractivity contribution in [3.05, 3.63) is 64.2 Å². The molecular weight excluding hydrogens is 392 g/mol. The molecule has 0 radical (unpaired) electrons. The fourth-order valence-corrected chi connectivity index (χ4v) is 2.59. The van der Waals surface area contributed by atoms with Crippen LogP contribution in [0.2, 0.25) is 0 Å². The summed E-state index contributed by atoms with van der Waals surface area (Å²) in [5.41, 5.74) is 2.32. The van der Waals surface area contributed by atoms with Crippen molar-refractivity contribution < 1.29 is 14.3 Å². The zero-order valence-corrected chi connectivity index (χ0v) is 17.7. The highest BCUT2D eigenvalue weighted by molar-refractivity contribution is 9.11. The van der Waals surface area contributed by atoms with Crippen LogP contribution in [0.4, 0.5) is 0 Å². The van der Waals surface area contributed by atoms with Crippen LogP contribution >= 0.6 is 15.9 Å². The van der Waals surface area contributed by atoms with Crippen molar-refractivity contribution in [3.8, 4) is 5.75 Å². The Labute approximate surface area is 165 Å². The molecule has 1 rings (SSSR count). The first-order valence-electron chi connectivity index (χ1n) is 8.81. The third-order valence-electron chi connectivity index (χ3n) is 3.77. The van der Waals surface area contributed by atoms with Gasteiger partial charge in [0.05, 0.1) is 20.3 Å². The number of benzene rings is 1. The maximum Gasteiger partial charge on any atom is 0.126 e. The summed E-state index contributed by atoms with van der Waals surface area (Å²) in [6.07, 6.45) is 10.1. The normalized spacial score (nSPS) is 15.1. The highest BCUT2D eigenvalue weighted by atomic mass is 79.9. The SMILES string of the molecule is COc1ccc(COC[C@@H](C)/C=C/C(Br)=C/C/C(C)=C\[C@@H](C)C=O)cc1. The van der Waals surface area contributed by atoms with E-state index in [9.17, 15) is 4.79 Å². The van der Waals surface area contributed by atoms with Crippen LogP contribution < -0.4 is 4.74 Å². The van der Waals surface area contributed by atoms with E-state index in [0.29, 0.717) is 19.1 Å². The molecule has 0 amide bonds. The molecule has 0 saturated heterocycles. The van der Waals surface area contributed by atoms with Gasteiger partial charge in [0.15, 0.2) is 0 Å². The summed E-state index contributed by atoms with van der Waals surface area (Å²) in [5.74, 6) is 1.15. The molecule has 0 fully saturated rings. The third kappa shape index (κ3) is 9.73. The largest absolute Gasteiger partial charge is 0.497 e. The van der Waals surface area contributed by atoms with Crippen molar-refractivity contribution in [3.63, 3.8) is 0 Å². The Kier molecular flexibility index (Phi) is 10.9. The van der Waals surface area contributed by atoms with Crippen LogP contribution in [0.1, 0.15) is 32.8 Å². The van der Waals surface area contributed by atoms with Gasteiger partial charge in [0.2, 0.25) is 0 Å². The standard InChI is InChI=1S/C22H29BrO3/c1-17(13-19(3)14-24)5-9-21(23)10-6-18(2)15-26-16-20-7-11-22(25-4)12-8-20/h6-14,18-19H,5,15-16H2,1-4H3/b10-6+,17-13-,21-9-/t18-,19+/m0/s1. The quantitative estimate of drug-likeness (QED) is 0.255. The Bertz CT molecular complexity index is 629. The van der Waals surface area contributed by atoms with Crippen molar-refractivity contribution in [2.75, 3.05) is 13.7 Å². The monoisotopic (exact) mass is 420 g/mol. The Morgan fingerprint density at radius 3 is 2.54 bits per heavy atom. The molecule has 0 spiro atoms. The molecule has 0 aliphatic rings. The van der Waals surface area contributed by atoms with Gasteiger partial charge in [0, 0.05) is 10.4 Å². The Morgan fingerprint density at radius 1 is 1.23 bits per heavy atom. The molecule has 142 valence electrons. The lowest BCUT2D eigenvalue weighted by Crippen LogP contribution is -2.03. The maximum absolute atomic E-state index is 10.7. The number of hydrogen-bond acceptors (Lipinski definition) is 3. The van der Waals surface area contributed by atoms with Gasteiger partial charge in [-0.3, -0.25) is 0 Å². The molecule has 3 nitrogen and oxygen atoms in total. The lowest BCUT2D eigenvalue weighted by Gasteiger charge is -2.08. The van der Waals surface area contributed by atoms with E-state index in [1.165, 1.54) is 5.57 Å². The van der Waals surface area contributed by atoms with E-state index >= 15 is 0 Å². The van der Waals surface area contributed by atoms with Gasteiger partial charge in [0.25, 0.3) is 0 Å². The Hall–Kier alpha value is -1.65. The molecule has 0 aromatic heterocycles. The van der Waals surface area contributed by atoms with E-state index in [0.717, 1.165) is 28.5 Å². The van der Waals surface area contributed by atoms with Crippen LogP contribution in [0.25, 0.3) is 0 Å². The minimum atomic E-state index is -0.0272. The van der Waals surface area contributed by atoms with Crippen molar-refractivity contribution >= 4 is 22.2 Å². The molecule has 1 aromatic rings. The summed E-state index contributed by atoms with van der Waals surface area (Å²) >= 11 is 3.56. The number of hydrogen-bond donors (Lipinski definition) is 0. The molecule has 2 atom stereocenters. The number of carbonyl (C=O) groups excluding carboxylic acids is 1. The first kappa shape index (κ1) is 22.4. The average molecular weight is 421 g/mol. The first-order valence-corrected chi connectivity index (χ1v) is 9.61. The van der Waals surface area contributed by atoms with E-state index < -0.39 is 0 Å². The van der Waals surface area contributed by atoms with E-state index in [1.54, 1.807) is 7.11 Å². The average Bonchev–Trinajstić information content (AvgIpc) is 2.65. The van der Waals surface area contributed by atoms with Gasteiger partial charge in [-0.1, -0.05) is 71.8 Å². The van der Waals surface area contributed by atoms with Crippen LogP contribution in [0.5, 0.6) is 5.75 Å². The number of rotatable bonds is 11. The van der Waals surface area contributed by atoms with E-state index in [-0.39, 0.29) is 5.92 Å². The Balaban J connectivity index is 2.36. The number of aldehydes is 1. The highest BCUT2D eigenvalue weighted by Crippen LogP contribution is 2.15. The molecule has 1 aromatic carbocycles. The lowest BCUT2D eigenvalue weighted by atomic mass is 10.1. The van der Waals surface area contributed by atoms with Crippen molar-refractivity contribution in [2.24, 2.45) is 11.8 Å². The second kappa shape index (κ2) is 12.7. The first-order chi connectivity index (χ1) is 12.4. The molecule has 26 heavy (non-hydrogen) atoms. The minimum absolute atomic E-state index is 0.0272. The van der Waals surface area contributed by atoms with Crippen molar-refractivity contribution in [2.45, 2.75) is 33.8 Å². The van der Waals surface area contributed by atoms with Gasteiger partial charge in [-0.15, -0.1) is 0 Å². The molecule has 0 aliphatic heterocycles. The lowest BCUT2D eigenvalue weighted by molar-refractivity contribution is -0.109. The molecule has 0 saturated carbocycles. The molecule has 0 N–H and O–H groups in total. The summed E-state index contributed by atoms with van der Waals surface area (Å²) in [6, 6.07) is 7.91. The predicted molar refractivity (Wildman–Crippen MR) is 112 cm³/mol. The van der Waals surface area contributed by atoms with Gasteiger partial charge in [-0.25, -0.2) is 0 Å². The second-order valence-electron chi connectivity index (χ2n) is 6.50. The minimum Gasteiger partial charge on any atom is -0.497 e. The topological polar surface area (TPSA) is 35.5 Å². The second-order valence-corrected chi connectivity index (χ2v) is 7.42. The van der Waals surface area contributed by atoms with E-state index in [1.807, 2.05) is 44.2 Å². The van der Waals surface area contributed by atoms with Gasteiger partial charge in [-0.05, 0) is 37.0 Å². The molecule has 4 heteroatoms. The number of carbonyl (C=O) groups is 1. The summed E-state index contributed by atoms with van der Waals surface area (Å²) in [6.45, 7) is 7.32. The number of ether oxygens (including phenoxy) is 2. The summed E-state index contributed by atoms with van der Waals surface area (Å²) in [4.78, 5) is 10.7. The van der Waals surface area contributed by atoms with Gasteiger partial charge in [-0.2, -0.15) is 0 Å². The van der Waals surface area contributed by atoms with E-state index in [4.69, 9.17) is 9.47 Å². The predicted octanol–water partition coefficient (Wildman–Crippen LogP) is 5.85. The van der Waals surface area contributed by atoms with Gasteiger partial charge in [0.1, 0.15) is 12.0 Å². The number of methoxy groups -OCH3 is 1. The molecular formula is C22H29BrO3. The number of halogens is 1. The summed E-state index contributed by atoms with van der Waals surface area (Å²) < 4.78 is 12.0. The fraction of sp³-hybridized carbons (Fsp3) is 0.409. The Morgan fingerprint density at radius 2 is 1.92 bits per heavy atom. The summed E-state index contributed by atoms with van der Waals surface area (Å²) in [7, 11) is 1.66. The molecule has 0 aliphatic carbocycles. The molecule has 0 bridgehead atoms. The van der Waals surface area contributed by atoms with Crippen molar-refractivity contribution in [1.29, 1.82) is 0 Å². The molecule has 0 unspecified atom stereocenters. The van der Waals surface area contributed by atoms with E-state index in [2.05, 4.69) is 41.1 Å². The zero-order valence-electron chi connectivity index (χ0n) is 16.1. The van der Waals surface area contributed by atoms with Crippen LogP contribution in [-0.2, 0) is 16.1 Å². The number of allylic oxidation sites excluding steroid dienone is 5.